The first-order valence-electron chi connectivity index (χ1n) is 9.44. The number of carbonyl (C=O) groups is 1. The van der Waals surface area contributed by atoms with Crippen molar-refractivity contribution in [2.45, 2.75) is 38.4 Å². The predicted octanol–water partition coefficient (Wildman–Crippen LogP) is 4.77. The minimum absolute atomic E-state index is 0.000374. The molecule has 2 aromatic rings. The number of benzene rings is 2. The predicted molar refractivity (Wildman–Crippen MR) is 97.8 cm³/mol. The lowest BCUT2D eigenvalue weighted by atomic mass is 9.92. The highest BCUT2D eigenvalue weighted by Gasteiger charge is 2.45. The van der Waals surface area contributed by atoms with E-state index >= 15 is 4.39 Å². The van der Waals surface area contributed by atoms with E-state index in [0.717, 1.165) is 12.8 Å². The minimum Gasteiger partial charge on any atom is -0.336 e. The van der Waals surface area contributed by atoms with Crippen LogP contribution in [0.2, 0.25) is 0 Å². The molecule has 0 spiro atoms. The molecule has 5 heteroatoms. The van der Waals surface area contributed by atoms with Gasteiger partial charge in [-0.05, 0) is 30.9 Å². The van der Waals surface area contributed by atoms with Gasteiger partial charge in [0.25, 0.3) is 0 Å². The van der Waals surface area contributed by atoms with E-state index in [9.17, 15) is 13.6 Å². The van der Waals surface area contributed by atoms with Gasteiger partial charge in [0.1, 0.15) is 17.8 Å². The molecule has 0 aromatic heterocycles. The molecule has 1 aliphatic heterocycles. The van der Waals surface area contributed by atoms with Gasteiger partial charge in [-0.1, -0.05) is 43.3 Å². The lowest BCUT2D eigenvalue weighted by Gasteiger charge is -2.27. The van der Waals surface area contributed by atoms with Gasteiger partial charge in [-0.25, -0.2) is 13.2 Å². The first-order chi connectivity index (χ1) is 13.0. The van der Waals surface area contributed by atoms with E-state index in [1.54, 1.807) is 42.2 Å². The van der Waals surface area contributed by atoms with E-state index in [0.29, 0.717) is 5.56 Å². The highest BCUT2D eigenvalue weighted by Crippen LogP contribution is 2.38. The fraction of sp³-hybridized carbons (Fsp3) is 0.409. The zero-order valence-electron chi connectivity index (χ0n) is 15.2. The largest absolute Gasteiger partial charge is 0.336 e. The molecule has 0 N–H and O–H groups in total. The molecule has 0 radical (unpaired) electrons. The molecule has 2 nitrogen and oxygen atoms in total. The van der Waals surface area contributed by atoms with Gasteiger partial charge in [0.2, 0.25) is 5.91 Å². The summed E-state index contributed by atoms with van der Waals surface area (Å²) in [6, 6.07) is 10.5. The van der Waals surface area contributed by atoms with Crippen LogP contribution in [-0.2, 0) is 11.2 Å². The van der Waals surface area contributed by atoms with Crippen LogP contribution in [0, 0.1) is 23.5 Å². The number of nitrogens with zero attached hydrogens (tertiary/aromatic N) is 1. The Balaban J connectivity index is 1.64. The fourth-order valence-corrected chi connectivity index (χ4v) is 3.98. The van der Waals surface area contributed by atoms with Crippen LogP contribution in [-0.4, -0.2) is 29.6 Å². The third-order valence-electron chi connectivity index (χ3n) is 5.83. The van der Waals surface area contributed by atoms with Crippen molar-refractivity contribution in [3.05, 3.63) is 59.7 Å². The molecular formula is C22H22F3NO. The van der Waals surface area contributed by atoms with E-state index in [-0.39, 0.29) is 47.9 Å². The van der Waals surface area contributed by atoms with Gasteiger partial charge in [-0.2, -0.15) is 0 Å². The zero-order valence-corrected chi connectivity index (χ0v) is 15.2. The third kappa shape index (κ3) is 3.35. The smallest absolute Gasteiger partial charge is 0.226 e. The SMILES string of the molecule is C[C@H]1[C@@H](F)CN(C(=O)C2CC2)[C@H]1Cc1cccc(-c2ccccc2F)c1F. The average molecular weight is 373 g/mol. The van der Waals surface area contributed by atoms with Crippen molar-refractivity contribution in [2.75, 3.05) is 6.54 Å². The molecule has 1 heterocycles. The van der Waals surface area contributed by atoms with Gasteiger partial charge in [-0.15, -0.1) is 0 Å². The number of halogens is 3. The monoisotopic (exact) mass is 373 g/mol. The summed E-state index contributed by atoms with van der Waals surface area (Å²) in [5.41, 5.74) is 0.772. The minimum atomic E-state index is -1.10. The lowest BCUT2D eigenvalue weighted by Crippen LogP contribution is -2.40. The Bertz CT molecular complexity index is 864. The van der Waals surface area contributed by atoms with E-state index < -0.39 is 17.8 Å². The lowest BCUT2D eigenvalue weighted by molar-refractivity contribution is -0.133. The third-order valence-corrected chi connectivity index (χ3v) is 5.83. The highest BCUT2D eigenvalue weighted by molar-refractivity contribution is 5.81. The molecule has 2 aliphatic rings. The maximum atomic E-state index is 15.2. The number of carbonyl (C=O) groups excluding carboxylic acids is 1. The molecular weight excluding hydrogens is 351 g/mol. The summed E-state index contributed by atoms with van der Waals surface area (Å²) in [7, 11) is 0. The molecule has 2 fully saturated rings. The molecule has 4 rings (SSSR count). The fourth-order valence-electron chi connectivity index (χ4n) is 3.98. The summed E-state index contributed by atoms with van der Waals surface area (Å²) in [5.74, 6) is -1.37. The van der Waals surface area contributed by atoms with Crippen molar-refractivity contribution in [2.24, 2.45) is 11.8 Å². The van der Waals surface area contributed by atoms with Crippen LogP contribution in [0.5, 0.6) is 0 Å². The quantitative estimate of drug-likeness (QED) is 0.756. The van der Waals surface area contributed by atoms with Crippen LogP contribution < -0.4 is 0 Å². The Hall–Kier alpha value is -2.30. The van der Waals surface area contributed by atoms with Crippen LogP contribution in [0.3, 0.4) is 0 Å². The van der Waals surface area contributed by atoms with E-state index in [1.807, 2.05) is 0 Å². The van der Waals surface area contributed by atoms with Gasteiger partial charge in [0.05, 0.1) is 6.54 Å². The van der Waals surface area contributed by atoms with Crippen LogP contribution in [0.1, 0.15) is 25.3 Å². The van der Waals surface area contributed by atoms with Gasteiger partial charge in [0, 0.05) is 29.0 Å². The highest BCUT2D eigenvalue weighted by atomic mass is 19.1. The van der Waals surface area contributed by atoms with E-state index in [2.05, 4.69) is 0 Å². The zero-order chi connectivity index (χ0) is 19.1. The number of alkyl halides is 1. The van der Waals surface area contributed by atoms with E-state index in [1.165, 1.54) is 12.1 Å². The topological polar surface area (TPSA) is 20.3 Å². The molecule has 0 unspecified atom stereocenters. The van der Waals surface area contributed by atoms with Crippen molar-refractivity contribution >= 4 is 5.91 Å². The van der Waals surface area contributed by atoms with Gasteiger partial charge in [0.15, 0.2) is 0 Å². The maximum absolute atomic E-state index is 15.2. The number of likely N-dealkylation sites (tertiary alicyclic amines) is 1. The molecule has 1 saturated heterocycles. The second kappa shape index (κ2) is 7.02. The van der Waals surface area contributed by atoms with E-state index in [4.69, 9.17) is 0 Å². The van der Waals surface area contributed by atoms with Crippen LogP contribution in [0.4, 0.5) is 13.2 Å². The standard InChI is InChI=1S/C22H22F3NO/c1-13-19(24)12-26(22(27)14-9-10-14)20(13)11-15-5-4-7-17(21(15)25)16-6-2-3-8-18(16)23/h2-8,13-14,19-20H,9-12H2,1H3/t13-,19-,20-/m0/s1. The second-order valence-corrected chi connectivity index (χ2v) is 7.67. The molecule has 0 bridgehead atoms. The maximum Gasteiger partial charge on any atom is 0.226 e. The molecule has 1 aliphatic carbocycles. The summed E-state index contributed by atoms with van der Waals surface area (Å²) in [4.78, 5) is 14.1. The Kier molecular flexibility index (Phi) is 4.70. The van der Waals surface area contributed by atoms with Crippen molar-refractivity contribution in [1.29, 1.82) is 0 Å². The Morgan fingerprint density at radius 1 is 1.07 bits per heavy atom. The second-order valence-electron chi connectivity index (χ2n) is 7.67. The van der Waals surface area contributed by atoms with Crippen molar-refractivity contribution in [3.8, 4) is 11.1 Å². The number of rotatable bonds is 4. The normalized spacial score (nSPS) is 25.0. The molecule has 27 heavy (non-hydrogen) atoms. The molecule has 3 atom stereocenters. The number of hydrogen-bond donors (Lipinski definition) is 0. The number of amides is 1. The summed E-state index contributed by atoms with van der Waals surface area (Å²) in [6.07, 6.45) is 0.832. The Morgan fingerprint density at radius 2 is 1.78 bits per heavy atom. The van der Waals surface area contributed by atoms with Gasteiger partial charge in [-0.3, -0.25) is 4.79 Å². The molecule has 142 valence electrons. The van der Waals surface area contributed by atoms with Crippen molar-refractivity contribution in [1.82, 2.24) is 4.90 Å². The van der Waals surface area contributed by atoms with Crippen molar-refractivity contribution < 1.29 is 18.0 Å². The van der Waals surface area contributed by atoms with Crippen LogP contribution in [0.25, 0.3) is 11.1 Å². The number of hydrogen-bond acceptors (Lipinski definition) is 1. The summed E-state index contributed by atoms with van der Waals surface area (Å²) in [5, 5.41) is 0. The summed E-state index contributed by atoms with van der Waals surface area (Å²) in [6.45, 7) is 1.85. The van der Waals surface area contributed by atoms with Crippen LogP contribution >= 0.6 is 0 Å². The van der Waals surface area contributed by atoms with Crippen molar-refractivity contribution in [3.63, 3.8) is 0 Å². The summed E-state index contributed by atoms with van der Waals surface area (Å²) >= 11 is 0. The Labute approximate surface area is 157 Å². The summed E-state index contributed by atoms with van der Waals surface area (Å²) < 4.78 is 43.6. The molecule has 1 amide bonds. The first kappa shape index (κ1) is 18.1. The average Bonchev–Trinajstić information content (AvgIpc) is 3.46. The Morgan fingerprint density at radius 3 is 2.48 bits per heavy atom. The van der Waals surface area contributed by atoms with Crippen LogP contribution in [0.15, 0.2) is 42.5 Å². The first-order valence-corrected chi connectivity index (χ1v) is 9.44. The molecule has 1 saturated carbocycles. The van der Waals surface area contributed by atoms with Gasteiger partial charge < -0.3 is 4.90 Å². The molecule has 2 aromatic carbocycles. The van der Waals surface area contributed by atoms with Gasteiger partial charge >= 0.3 is 0 Å².